The van der Waals surface area contributed by atoms with Crippen LogP contribution in [0, 0.1) is 5.92 Å². The predicted octanol–water partition coefficient (Wildman–Crippen LogP) is 10.7. The average Bonchev–Trinajstić information content (AvgIpc) is 2.93. The monoisotopic (exact) mass is 554 g/mol. The molecule has 0 saturated heterocycles. The summed E-state index contributed by atoms with van der Waals surface area (Å²) in [6.07, 6.45) is 29.1. The topological polar surface area (TPSA) is 36.1 Å². The van der Waals surface area contributed by atoms with Gasteiger partial charge in [0.15, 0.2) is 0 Å². The lowest BCUT2D eigenvalue weighted by Crippen LogP contribution is -2.30. The summed E-state index contributed by atoms with van der Waals surface area (Å²) in [5.74, 6) is 0.558. The first kappa shape index (κ1) is 37.8. The van der Waals surface area contributed by atoms with E-state index in [2.05, 4.69) is 69.6 Å². The zero-order chi connectivity index (χ0) is 29.8. The van der Waals surface area contributed by atoms with Gasteiger partial charge in [-0.15, -0.1) is 6.58 Å². The highest BCUT2D eigenvalue weighted by molar-refractivity contribution is 5.22. The summed E-state index contributed by atoms with van der Waals surface area (Å²) in [6.45, 7) is 29.0. The third-order valence-corrected chi connectivity index (χ3v) is 7.61. The maximum absolute atomic E-state index is 4.21. The van der Waals surface area contributed by atoms with Crippen molar-refractivity contribution in [2.45, 2.75) is 142 Å². The number of unbranched alkanes of at least 4 members (excludes halogenated alkanes) is 13. The Morgan fingerprint density at radius 3 is 1.55 bits per heavy atom. The Morgan fingerprint density at radius 2 is 1.05 bits per heavy atom. The molecule has 0 aromatic heterocycles. The highest BCUT2D eigenvalue weighted by atomic mass is 14.9. The zero-order valence-electron chi connectivity index (χ0n) is 27.1. The SMILES string of the molecule is C=CC(NC(=C)CCCCCCCCCCCCCCNC(=C)CCCCCNC(=C)/C=C\C(=C)CC)C(C)C. The van der Waals surface area contributed by atoms with Crippen molar-refractivity contribution >= 4 is 0 Å². The molecule has 0 aliphatic rings. The Morgan fingerprint density at radius 1 is 0.600 bits per heavy atom. The standard InChI is InChI=1S/C37H67N3/c1-9-33(5)28-29-35(7)39-31-25-21-23-26-34(6)38-30-24-20-18-16-14-12-11-13-15-17-19-22-27-36(8)40-37(10-2)32(3)4/h10,28-29,32,37-40H,2,5-9,11-27,30-31H2,1,3-4H3/b29-28-. The molecule has 0 fully saturated rings. The van der Waals surface area contributed by atoms with Crippen LogP contribution in [0.15, 0.2) is 73.8 Å². The van der Waals surface area contributed by atoms with Gasteiger partial charge < -0.3 is 16.0 Å². The molecule has 0 heterocycles. The molecule has 3 nitrogen and oxygen atoms in total. The van der Waals surface area contributed by atoms with Crippen molar-refractivity contribution in [1.29, 1.82) is 0 Å². The molecule has 230 valence electrons. The van der Waals surface area contributed by atoms with Gasteiger partial charge in [-0.25, -0.2) is 0 Å². The van der Waals surface area contributed by atoms with Crippen molar-refractivity contribution in [2.24, 2.45) is 5.92 Å². The number of hydrogen-bond acceptors (Lipinski definition) is 3. The van der Waals surface area contributed by atoms with Crippen LogP contribution < -0.4 is 16.0 Å². The summed E-state index contributed by atoms with van der Waals surface area (Å²) >= 11 is 0. The maximum atomic E-state index is 4.21. The van der Waals surface area contributed by atoms with Crippen molar-refractivity contribution in [3.05, 3.63) is 73.8 Å². The molecule has 0 amide bonds. The number of hydrogen-bond donors (Lipinski definition) is 3. The molecule has 1 atom stereocenters. The molecule has 3 N–H and O–H groups in total. The second-order valence-electron chi connectivity index (χ2n) is 11.9. The molecule has 0 rings (SSSR count). The van der Waals surface area contributed by atoms with E-state index >= 15 is 0 Å². The summed E-state index contributed by atoms with van der Waals surface area (Å²) in [4.78, 5) is 0. The zero-order valence-corrected chi connectivity index (χ0v) is 27.1. The lowest BCUT2D eigenvalue weighted by atomic mass is 10.0. The fourth-order valence-electron chi connectivity index (χ4n) is 4.67. The molecule has 0 saturated carbocycles. The number of allylic oxidation sites excluding steroid dienone is 5. The molecule has 1 unspecified atom stereocenters. The Labute approximate surface area is 250 Å². The van der Waals surface area contributed by atoms with Crippen LogP contribution in [0.2, 0.25) is 0 Å². The van der Waals surface area contributed by atoms with Gasteiger partial charge in [-0.3, -0.25) is 0 Å². The first-order chi connectivity index (χ1) is 19.3. The van der Waals surface area contributed by atoms with Crippen LogP contribution >= 0.6 is 0 Å². The maximum Gasteiger partial charge on any atom is 0.0461 e. The molecule has 0 aliphatic heterocycles. The summed E-state index contributed by atoms with van der Waals surface area (Å²) in [7, 11) is 0. The molecule has 0 bridgehead atoms. The molecule has 0 spiro atoms. The van der Waals surface area contributed by atoms with Gasteiger partial charge in [0.1, 0.15) is 0 Å². The van der Waals surface area contributed by atoms with Gasteiger partial charge >= 0.3 is 0 Å². The number of nitrogens with one attached hydrogen (secondary N) is 3. The first-order valence-electron chi connectivity index (χ1n) is 16.6. The van der Waals surface area contributed by atoms with Crippen LogP contribution in [0.3, 0.4) is 0 Å². The van der Waals surface area contributed by atoms with Crippen LogP contribution in [-0.4, -0.2) is 19.1 Å². The summed E-state index contributed by atoms with van der Waals surface area (Å²) < 4.78 is 0. The van der Waals surface area contributed by atoms with Crippen LogP contribution in [-0.2, 0) is 0 Å². The second-order valence-corrected chi connectivity index (χ2v) is 11.9. The van der Waals surface area contributed by atoms with Gasteiger partial charge in [-0.2, -0.15) is 0 Å². The summed E-state index contributed by atoms with van der Waals surface area (Å²) in [5, 5.41) is 10.4. The predicted molar refractivity (Wildman–Crippen MR) is 182 cm³/mol. The highest BCUT2D eigenvalue weighted by Crippen LogP contribution is 2.14. The minimum atomic E-state index is 0.343. The molecular weight excluding hydrogens is 486 g/mol. The molecular formula is C37H67N3. The molecule has 0 aromatic rings. The quantitative estimate of drug-likeness (QED) is 0.0470. The van der Waals surface area contributed by atoms with Crippen molar-refractivity contribution in [3.63, 3.8) is 0 Å². The molecule has 0 aliphatic carbocycles. The third-order valence-electron chi connectivity index (χ3n) is 7.61. The van der Waals surface area contributed by atoms with Crippen LogP contribution in [0.25, 0.3) is 0 Å². The van der Waals surface area contributed by atoms with Gasteiger partial charge in [0.2, 0.25) is 0 Å². The average molecular weight is 554 g/mol. The minimum Gasteiger partial charge on any atom is -0.389 e. The van der Waals surface area contributed by atoms with E-state index in [0.29, 0.717) is 12.0 Å². The van der Waals surface area contributed by atoms with E-state index in [4.69, 9.17) is 0 Å². The van der Waals surface area contributed by atoms with E-state index in [9.17, 15) is 0 Å². The molecule has 40 heavy (non-hydrogen) atoms. The Kier molecular flexibility index (Phi) is 25.6. The molecule has 3 heteroatoms. The van der Waals surface area contributed by atoms with Crippen molar-refractivity contribution < 1.29 is 0 Å². The van der Waals surface area contributed by atoms with Gasteiger partial charge in [-0.05, 0) is 56.9 Å². The molecule has 0 radical (unpaired) electrons. The minimum absolute atomic E-state index is 0.343. The van der Waals surface area contributed by atoms with Gasteiger partial charge in [-0.1, -0.05) is 135 Å². The van der Waals surface area contributed by atoms with Crippen LogP contribution in [0.4, 0.5) is 0 Å². The summed E-state index contributed by atoms with van der Waals surface area (Å²) in [6, 6.07) is 0.343. The summed E-state index contributed by atoms with van der Waals surface area (Å²) in [5.41, 5.74) is 4.47. The number of rotatable bonds is 30. The lowest BCUT2D eigenvalue weighted by molar-refractivity contribution is 0.488. The smallest absolute Gasteiger partial charge is 0.0461 e. The van der Waals surface area contributed by atoms with E-state index in [1.54, 1.807) is 0 Å². The third kappa shape index (κ3) is 24.9. The second kappa shape index (κ2) is 27.0. The van der Waals surface area contributed by atoms with Gasteiger partial charge in [0.05, 0.1) is 0 Å². The van der Waals surface area contributed by atoms with Crippen molar-refractivity contribution in [3.8, 4) is 0 Å². The Hall–Kier alpha value is -2.16. The fraction of sp³-hybridized carbons (Fsp3) is 0.676. The van der Waals surface area contributed by atoms with Gasteiger partial charge in [0.25, 0.3) is 0 Å². The van der Waals surface area contributed by atoms with Crippen molar-refractivity contribution in [2.75, 3.05) is 13.1 Å². The van der Waals surface area contributed by atoms with E-state index in [0.717, 1.165) is 43.6 Å². The Balaban J connectivity index is 3.39. The van der Waals surface area contributed by atoms with Gasteiger partial charge in [0, 0.05) is 36.2 Å². The molecule has 0 aromatic carbocycles. The van der Waals surface area contributed by atoms with E-state index in [1.165, 1.54) is 108 Å². The Bertz CT molecular complexity index is 715. The normalized spacial score (nSPS) is 11.9. The highest BCUT2D eigenvalue weighted by Gasteiger charge is 2.08. The van der Waals surface area contributed by atoms with Crippen LogP contribution in [0.1, 0.15) is 136 Å². The first-order valence-corrected chi connectivity index (χ1v) is 16.6. The van der Waals surface area contributed by atoms with E-state index in [1.807, 2.05) is 18.2 Å². The van der Waals surface area contributed by atoms with E-state index in [-0.39, 0.29) is 0 Å². The van der Waals surface area contributed by atoms with E-state index < -0.39 is 0 Å². The largest absolute Gasteiger partial charge is 0.389 e. The lowest BCUT2D eigenvalue weighted by Gasteiger charge is -2.21. The fourth-order valence-corrected chi connectivity index (χ4v) is 4.67. The van der Waals surface area contributed by atoms with Crippen molar-refractivity contribution in [1.82, 2.24) is 16.0 Å². The van der Waals surface area contributed by atoms with Crippen LogP contribution in [0.5, 0.6) is 0 Å².